The number of carbonyl (C=O) groups excluding carboxylic acids is 2. The number of carbonyl (C=O) groups is 2. The minimum absolute atomic E-state index is 0.139. The number of hydrogen-bond donors (Lipinski definition) is 1. The van der Waals surface area contributed by atoms with E-state index < -0.39 is 17.5 Å². The summed E-state index contributed by atoms with van der Waals surface area (Å²) in [5.41, 5.74) is 0.872. The number of nitrogens with one attached hydrogen (secondary N) is 1. The van der Waals surface area contributed by atoms with E-state index in [1.807, 2.05) is 0 Å². The molecule has 0 fully saturated rings. The summed E-state index contributed by atoms with van der Waals surface area (Å²) in [5.74, 6) is -2.34. The van der Waals surface area contributed by atoms with Gasteiger partial charge in [-0.05, 0) is 17.7 Å². The third-order valence-corrected chi connectivity index (χ3v) is 4.52. The van der Waals surface area contributed by atoms with Gasteiger partial charge >= 0.3 is 0 Å². The highest BCUT2D eigenvalue weighted by atomic mass is 32.1. The molecule has 130 valence electrons. The van der Waals surface area contributed by atoms with Crippen molar-refractivity contribution in [3.63, 3.8) is 0 Å². The van der Waals surface area contributed by atoms with Crippen molar-refractivity contribution in [2.75, 3.05) is 12.4 Å². The van der Waals surface area contributed by atoms with E-state index in [4.69, 9.17) is 0 Å². The van der Waals surface area contributed by atoms with Crippen molar-refractivity contribution in [2.24, 2.45) is 5.10 Å². The summed E-state index contributed by atoms with van der Waals surface area (Å²) in [6.07, 6.45) is 2.47. The van der Waals surface area contributed by atoms with Gasteiger partial charge in [0.25, 0.3) is 5.91 Å². The molecule has 0 atom stereocenters. The molecular weight excluding hydrogens is 350 g/mol. The van der Waals surface area contributed by atoms with E-state index in [0.29, 0.717) is 17.1 Å². The third kappa shape index (κ3) is 4.05. The van der Waals surface area contributed by atoms with Crippen LogP contribution >= 0.6 is 11.3 Å². The van der Waals surface area contributed by atoms with E-state index in [1.54, 1.807) is 6.20 Å². The molecule has 0 unspecified atom stereocenters. The maximum atomic E-state index is 13.2. The number of hydrazone groups is 1. The molecule has 6 nitrogen and oxygen atoms in total. The summed E-state index contributed by atoms with van der Waals surface area (Å²) in [5, 5.41) is 8.11. The predicted octanol–water partition coefficient (Wildman–Crippen LogP) is 2.56. The monoisotopic (exact) mass is 364 g/mol. The number of hydrogen-bond acceptors (Lipinski definition) is 5. The third-order valence-electron chi connectivity index (χ3n) is 3.61. The Bertz CT molecular complexity index is 866. The van der Waals surface area contributed by atoms with Crippen LogP contribution in [0.4, 0.5) is 13.9 Å². The Balaban J connectivity index is 1.65. The molecule has 2 amide bonds. The van der Waals surface area contributed by atoms with Crippen LogP contribution in [-0.4, -0.2) is 34.6 Å². The number of anilines is 1. The molecule has 3 rings (SSSR count). The number of rotatable bonds is 4. The van der Waals surface area contributed by atoms with E-state index in [0.717, 1.165) is 22.0 Å². The van der Waals surface area contributed by atoms with Gasteiger partial charge in [0.2, 0.25) is 5.91 Å². The molecule has 9 heteroatoms. The number of halogens is 2. The second-order valence-corrected chi connectivity index (χ2v) is 6.59. The van der Waals surface area contributed by atoms with Gasteiger partial charge in [-0.1, -0.05) is 6.07 Å². The standard InChI is InChI=1S/C16H14F2N4O2S/c1-22-14(23)5-4-13(21-22)15(24)20-16-19-8-10(25-16)6-9-2-3-11(17)12(18)7-9/h2-3,7-8H,4-6H2,1H3,(H,19,20,24). The van der Waals surface area contributed by atoms with Crippen molar-refractivity contribution in [3.05, 3.63) is 46.5 Å². The lowest BCUT2D eigenvalue weighted by atomic mass is 10.1. The molecule has 1 aliphatic heterocycles. The van der Waals surface area contributed by atoms with Gasteiger partial charge in [-0.25, -0.2) is 18.8 Å². The molecule has 2 aromatic rings. The second kappa shape index (κ2) is 7.06. The normalized spacial score (nSPS) is 14.4. The Morgan fingerprint density at radius 2 is 2.12 bits per heavy atom. The summed E-state index contributed by atoms with van der Waals surface area (Å²) in [6.45, 7) is 0. The average Bonchev–Trinajstić information content (AvgIpc) is 3.00. The summed E-state index contributed by atoms with van der Waals surface area (Å²) in [7, 11) is 1.50. The second-order valence-electron chi connectivity index (χ2n) is 5.48. The molecule has 1 aromatic carbocycles. The van der Waals surface area contributed by atoms with Crippen LogP contribution in [-0.2, 0) is 16.0 Å². The fourth-order valence-electron chi connectivity index (χ4n) is 2.30. The maximum Gasteiger partial charge on any atom is 0.273 e. The Morgan fingerprint density at radius 1 is 1.32 bits per heavy atom. The van der Waals surface area contributed by atoms with Gasteiger partial charge in [0, 0.05) is 37.4 Å². The van der Waals surface area contributed by atoms with Crippen LogP contribution in [0.1, 0.15) is 23.3 Å². The summed E-state index contributed by atoms with van der Waals surface area (Å²) in [4.78, 5) is 28.4. The Hall–Kier alpha value is -2.68. The molecule has 2 heterocycles. The van der Waals surface area contributed by atoms with Gasteiger partial charge in [-0.3, -0.25) is 14.9 Å². The van der Waals surface area contributed by atoms with E-state index in [1.165, 1.54) is 24.5 Å². The van der Waals surface area contributed by atoms with E-state index in [-0.39, 0.29) is 24.5 Å². The molecule has 0 saturated heterocycles. The zero-order valence-electron chi connectivity index (χ0n) is 13.3. The molecule has 0 aliphatic carbocycles. The van der Waals surface area contributed by atoms with Crippen LogP contribution in [0.5, 0.6) is 0 Å². The van der Waals surface area contributed by atoms with Crippen LogP contribution in [0.15, 0.2) is 29.5 Å². The van der Waals surface area contributed by atoms with Crippen LogP contribution in [0.25, 0.3) is 0 Å². The Labute approximate surface area is 146 Å². The van der Waals surface area contributed by atoms with Crippen LogP contribution in [0.3, 0.4) is 0 Å². The van der Waals surface area contributed by atoms with Crippen LogP contribution in [0.2, 0.25) is 0 Å². The first-order valence-corrected chi connectivity index (χ1v) is 8.28. The van der Waals surface area contributed by atoms with Gasteiger partial charge in [0.05, 0.1) is 0 Å². The molecule has 0 spiro atoms. The number of benzene rings is 1. The quantitative estimate of drug-likeness (QED) is 0.906. The highest BCUT2D eigenvalue weighted by Crippen LogP contribution is 2.22. The van der Waals surface area contributed by atoms with Crippen molar-refractivity contribution in [3.8, 4) is 0 Å². The van der Waals surface area contributed by atoms with Gasteiger partial charge in [-0.15, -0.1) is 11.3 Å². The molecule has 1 aromatic heterocycles. The van der Waals surface area contributed by atoms with Gasteiger partial charge in [0.1, 0.15) is 5.71 Å². The minimum Gasteiger partial charge on any atom is -0.297 e. The van der Waals surface area contributed by atoms with Gasteiger partial charge in [-0.2, -0.15) is 5.10 Å². The van der Waals surface area contributed by atoms with Gasteiger partial charge in [0.15, 0.2) is 16.8 Å². The lowest BCUT2D eigenvalue weighted by molar-refractivity contribution is -0.130. The fraction of sp³-hybridized carbons (Fsp3) is 0.250. The van der Waals surface area contributed by atoms with E-state index in [9.17, 15) is 18.4 Å². The van der Waals surface area contributed by atoms with Crippen molar-refractivity contribution < 1.29 is 18.4 Å². The van der Waals surface area contributed by atoms with E-state index >= 15 is 0 Å². The van der Waals surface area contributed by atoms with Gasteiger partial charge < -0.3 is 0 Å². The Kier molecular flexibility index (Phi) is 4.84. The summed E-state index contributed by atoms with van der Waals surface area (Å²) in [6, 6.07) is 3.71. The molecule has 0 radical (unpaired) electrons. The summed E-state index contributed by atoms with van der Waals surface area (Å²) >= 11 is 1.24. The SMILES string of the molecule is CN1N=C(C(=O)Nc2ncc(Cc3ccc(F)c(F)c3)s2)CCC1=O. The topological polar surface area (TPSA) is 74.7 Å². The highest BCUT2D eigenvalue weighted by Gasteiger charge is 2.22. The minimum atomic E-state index is -0.899. The van der Waals surface area contributed by atoms with E-state index in [2.05, 4.69) is 15.4 Å². The zero-order valence-corrected chi connectivity index (χ0v) is 14.1. The average molecular weight is 364 g/mol. The number of thiazole rings is 1. The first kappa shape index (κ1) is 17.2. The molecular formula is C16H14F2N4O2S. The first-order valence-electron chi connectivity index (χ1n) is 7.46. The van der Waals surface area contributed by atoms with Crippen molar-refractivity contribution >= 4 is 34.0 Å². The smallest absolute Gasteiger partial charge is 0.273 e. The highest BCUT2D eigenvalue weighted by molar-refractivity contribution is 7.15. The maximum absolute atomic E-state index is 13.2. The molecule has 1 N–H and O–H groups in total. The zero-order chi connectivity index (χ0) is 18.0. The lowest BCUT2D eigenvalue weighted by Crippen LogP contribution is -2.34. The first-order chi connectivity index (χ1) is 11.9. The van der Waals surface area contributed by atoms with Crippen molar-refractivity contribution in [2.45, 2.75) is 19.3 Å². The molecule has 0 bridgehead atoms. The van der Waals surface area contributed by atoms with Crippen LogP contribution < -0.4 is 5.32 Å². The summed E-state index contributed by atoms with van der Waals surface area (Å²) < 4.78 is 26.2. The number of aromatic nitrogens is 1. The number of nitrogens with zero attached hydrogens (tertiary/aromatic N) is 3. The van der Waals surface area contributed by atoms with Crippen molar-refractivity contribution in [1.82, 2.24) is 9.99 Å². The fourth-order valence-corrected chi connectivity index (χ4v) is 3.14. The number of amides is 2. The lowest BCUT2D eigenvalue weighted by Gasteiger charge is -2.18. The van der Waals surface area contributed by atoms with Crippen molar-refractivity contribution in [1.29, 1.82) is 0 Å². The molecule has 0 saturated carbocycles. The predicted molar refractivity (Wildman–Crippen MR) is 89.3 cm³/mol. The Morgan fingerprint density at radius 3 is 2.84 bits per heavy atom. The van der Waals surface area contributed by atoms with Crippen LogP contribution in [0, 0.1) is 11.6 Å². The largest absolute Gasteiger partial charge is 0.297 e. The molecule has 1 aliphatic rings. The molecule has 25 heavy (non-hydrogen) atoms.